The van der Waals surface area contributed by atoms with Crippen LogP contribution < -0.4 is 5.32 Å². The average molecular weight is 319 g/mol. The number of aromatic nitrogens is 1. The Bertz CT molecular complexity index is 587. The van der Waals surface area contributed by atoms with Crippen molar-refractivity contribution in [2.75, 3.05) is 25.0 Å². The maximum absolute atomic E-state index is 12.3. The number of benzene rings is 1. The number of aliphatic hydroxyl groups is 1. The lowest BCUT2D eigenvalue weighted by Crippen LogP contribution is -2.37. The van der Waals surface area contributed by atoms with Gasteiger partial charge in [-0.25, -0.2) is 9.78 Å². The lowest BCUT2D eigenvalue weighted by molar-refractivity contribution is 0.187. The lowest BCUT2D eigenvalue weighted by Gasteiger charge is -2.22. The third-order valence-corrected chi connectivity index (χ3v) is 4.05. The summed E-state index contributed by atoms with van der Waals surface area (Å²) >= 11 is 1.56. The third-order valence-electron chi connectivity index (χ3n) is 3.23. The van der Waals surface area contributed by atoms with Crippen LogP contribution in [0.1, 0.15) is 19.8 Å². The number of carbonyl (C=O) groups excluding carboxylic acids is 1. The number of hydrogen-bond donors (Lipinski definition) is 2. The molecule has 1 heterocycles. The first-order valence-corrected chi connectivity index (χ1v) is 8.29. The molecule has 0 atom stereocenters. The van der Waals surface area contributed by atoms with Crippen molar-refractivity contribution in [3.63, 3.8) is 0 Å². The first-order valence-electron chi connectivity index (χ1n) is 7.41. The van der Waals surface area contributed by atoms with Gasteiger partial charge >= 0.3 is 6.03 Å². The highest BCUT2D eigenvalue weighted by Gasteiger charge is 2.13. The number of hydrogen-bond acceptors (Lipinski definition) is 4. The molecule has 2 aromatic rings. The fourth-order valence-corrected chi connectivity index (χ4v) is 2.72. The molecule has 118 valence electrons. The Kier molecular flexibility index (Phi) is 6.36. The van der Waals surface area contributed by atoms with Gasteiger partial charge in [-0.15, -0.1) is 11.3 Å². The molecule has 5 nitrogen and oxygen atoms in total. The van der Waals surface area contributed by atoms with Gasteiger partial charge in [0.1, 0.15) is 5.01 Å². The summed E-state index contributed by atoms with van der Waals surface area (Å²) in [6.45, 7) is 3.04. The normalized spacial score (nSPS) is 10.5. The summed E-state index contributed by atoms with van der Waals surface area (Å²) in [6, 6.07) is 7.45. The van der Waals surface area contributed by atoms with E-state index in [1.807, 2.05) is 29.6 Å². The molecule has 1 aromatic heterocycles. The van der Waals surface area contributed by atoms with Gasteiger partial charge in [0.25, 0.3) is 0 Å². The van der Waals surface area contributed by atoms with E-state index >= 15 is 0 Å². The Morgan fingerprint density at radius 1 is 1.41 bits per heavy atom. The predicted octanol–water partition coefficient (Wildman–Crippen LogP) is 3.44. The molecule has 6 heteroatoms. The maximum Gasteiger partial charge on any atom is 0.321 e. The van der Waals surface area contributed by atoms with Crippen molar-refractivity contribution in [1.82, 2.24) is 9.88 Å². The molecule has 1 aromatic carbocycles. The number of thiazole rings is 1. The summed E-state index contributed by atoms with van der Waals surface area (Å²) in [5.74, 6) is 0. The molecule has 0 unspecified atom stereocenters. The monoisotopic (exact) mass is 319 g/mol. The van der Waals surface area contributed by atoms with Gasteiger partial charge in [-0.05, 0) is 18.6 Å². The Hall–Kier alpha value is -1.92. The summed E-state index contributed by atoms with van der Waals surface area (Å²) in [5, 5.41) is 14.8. The van der Waals surface area contributed by atoms with Crippen molar-refractivity contribution in [2.24, 2.45) is 0 Å². The van der Waals surface area contributed by atoms with Gasteiger partial charge in [-0.2, -0.15) is 0 Å². The molecular formula is C16H21N3O2S. The van der Waals surface area contributed by atoms with Crippen LogP contribution in [0.4, 0.5) is 10.5 Å². The summed E-state index contributed by atoms with van der Waals surface area (Å²) in [4.78, 5) is 18.2. The highest BCUT2D eigenvalue weighted by molar-refractivity contribution is 7.13. The fraction of sp³-hybridized carbons (Fsp3) is 0.375. The number of amides is 2. The number of anilines is 1. The molecule has 2 amide bonds. The van der Waals surface area contributed by atoms with Crippen LogP contribution in [0.3, 0.4) is 0 Å². The van der Waals surface area contributed by atoms with E-state index in [4.69, 9.17) is 5.11 Å². The lowest BCUT2D eigenvalue weighted by atomic mass is 10.2. The van der Waals surface area contributed by atoms with E-state index in [-0.39, 0.29) is 12.6 Å². The molecule has 0 aliphatic carbocycles. The molecule has 0 saturated carbocycles. The molecule has 0 aliphatic rings. The average Bonchev–Trinajstić information content (AvgIpc) is 3.06. The van der Waals surface area contributed by atoms with Crippen molar-refractivity contribution in [3.8, 4) is 10.6 Å². The second-order valence-electron chi connectivity index (χ2n) is 4.91. The van der Waals surface area contributed by atoms with Crippen LogP contribution in [-0.4, -0.2) is 40.7 Å². The molecule has 0 radical (unpaired) electrons. The predicted molar refractivity (Wildman–Crippen MR) is 90.1 cm³/mol. The van der Waals surface area contributed by atoms with Gasteiger partial charge in [-0.3, -0.25) is 0 Å². The minimum atomic E-state index is -0.182. The van der Waals surface area contributed by atoms with E-state index in [2.05, 4.69) is 17.2 Å². The number of carbonyl (C=O) groups is 1. The first kappa shape index (κ1) is 16.5. The molecule has 0 fully saturated rings. The van der Waals surface area contributed by atoms with Crippen LogP contribution in [0.5, 0.6) is 0 Å². The molecular weight excluding hydrogens is 298 g/mol. The smallest absolute Gasteiger partial charge is 0.321 e. The van der Waals surface area contributed by atoms with Crippen molar-refractivity contribution >= 4 is 23.1 Å². The second-order valence-corrected chi connectivity index (χ2v) is 5.81. The summed E-state index contributed by atoms with van der Waals surface area (Å²) < 4.78 is 0. The van der Waals surface area contributed by atoms with Crippen molar-refractivity contribution in [1.29, 1.82) is 0 Å². The molecule has 2 rings (SSSR count). The topological polar surface area (TPSA) is 65.5 Å². The van der Waals surface area contributed by atoms with Crippen LogP contribution in [0, 0.1) is 0 Å². The van der Waals surface area contributed by atoms with Crippen LogP contribution in [0.25, 0.3) is 10.6 Å². The number of urea groups is 1. The molecule has 0 aliphatic heterocycles. The van der Waals surface area contributed by atoms with Crippen LogP contribution in [0.15, 0.2) is 35.8 Å². The highest BCUT2D eigenvalue weighted by atomic mass is 32.1. The minimum absolute atomic E-state index is 0.0315. The molecule has 0 spiro atoms. The number of rotatable bonds is 7. The largest absolute Gasteiger partial charge is 0.395 e. The Morgan fingerprint density at radius 3 is 2.95 bits per heavy atom. The van der Waals surface area contributed by atoms with Gasteiger partial charge in [0.05, 0.1) is 6.61 Å². The van der Waals surface area contributed by atoms with Crippen LogP contribution >= 0.6 is 11.3 Å². The van der Waals surface area contributed by atoms with Crippen LogP contribution in [-0.2, 0) is 0 Å². The van der Waals surface area contributed by atoms with Gasteiger partial charge in [0.2, 0.25) is 0 Å². The van der Waals surface area contributed by atoms with E-state index in [0.29, 0.717) is 13.1 Å². The Morgan fingerprint density at radius 2 is 2.27 bits per heavy atom. The number of nitrogens with zero attached hydrogens (tertiary/aromatic N) is 2. The number of aliphatic hydroxyl groups excluding tert-OH is 1. The second kappa shape index (κ2) is 8.51. The van der Waals surface area contributed by atoms with Crippen molar-refractivity contribution in [2.45, 2.75) is 19.8 Å². The molecule has 22 heavy (non-hydrogen) atoms. The van der Waals surface area contributed by atoms with E-state index < -0.39 is 0 Å². The minimum Gasteiger partial charge on any atom is -0.395 e. The highest BCUT2D eigenvalue weighted by Crippen LogP contribution is 2.24. The molecule has 0 bridgehead atoms. The zero-order chi connectivity index (χ0) is 15.8. The maximum atomic E-state index is 12.3. The van der Waals surface area contributed by atoms with Gasteiger partial charge in [0, 0.05) is 35.9 Å². The summed E-state index contributed by atoms with van der Waals surface area (Å²) in [5.41, 5.74) is 1.72. The van der Waals surface area contributed by atoms with Gasteiger partial charge < -0.3 is 15.3 Å². The number of unbranched alkanes of at least 4 members (excludes halogenated alkanes) is 1. The Labute approximate surface area is 134 Å². The van der Waals surface area contributed by atoms with E-state index in [1.165, 1.54) is 0 Å². The summed E-state index contributed by atoms with van der Waals surface area (Å²) in [6.07, 6.45) is 3.69. The van der Waals surface area contributed by atoms with Gasteiger partial charge in [-0.1, -0.05) is 25.5 Å². The Balaban J connectivity index is 2.05. The number of nitrogens with one attached hydrogen (secondary N) is 1. The fourth-order valence-electron chi connectivity index (χ4n) is 2.08. The molecule has 2 N–H and O–H groups in total. The molecule has 0 saturated heterocycles. The van der Waals surface area contributed by atoms with Crippen LogP contribution in [0.2, 0.25) is 0 Å². The van der Waals surface area contributed by atoms with E-state index in [0.717, 1.165) is 29.1 Å². The van der Waals surface area contributed by atoms with E-state index in [9.17, 15) is 4.79 Å². The van der Waals surface area contributed by atoms with Crippen molar-refractivity contribution < 1.29 is 9.90 Å². The quantitative estimate of drug-likeness (QED) is 0.821. The van der Waals surface area contributed by atoms with E-state index in [1.54, 1.807) is 22.4 Å². The zero-order valence-electron chi connectivity index (χ0n) is 12.7. The SMILES string of the molecule is CCCCN(CCO)C(=O)Nc1cccc(-c2nccs2)c1. The van der Waals surface area contributed by atoms with Gasteiger partial charge in [0.15, 0.2) is 0 Å². The standard InChI is InChI=1S/C16H21N3O2S/c1-2-3-8-19(9-10-20)16(21)18-14-6-4-5-13(12-14)15-17-7-11-22-15/h4-7,11-12,20H,2-3,8-10H2,1H3,(H,18,21). The first-order chi connectivity index (χ1) is 10.7. The third kappa shape index (κ3) is 4.54. The van der Waals surface area contributed by atoms with Crippen molar-refractivity contribution in [3.05, 3.63) is 35.8 Å². The summed E-state index contributed by atoms with van der Waals surface area (Å²) in [7, 11) is 0. The zero-order valence-corrected chi connectivity index (χ0v) is 13.5.